The summed E-state index contributed by atoms with van der Waals surface area (Å²) in [4.78, 5) is 25.4. The highest BCUT2D eigenvalue weighted by Gasteiger charge is 2.43. The number of aliphatic hydroxyl groups is 3. The fourth-order valence-corrected chi connectivity index (χ4v) is 2.02. The van der Waals surface area contributed by atoms with Crippen LogP contribution in [0.2, 0.25) is 0 Å². The highest BCUT2D eigenvalue weighted by molar-refractivity contribution is 5.13. The molecule has 4 N–H and O–H groups in total. The third kappa shape index (κ3) is 2.90. The first kappa shape index (κ1) is 15.4. The third-order valence-corrected chi connectivity index (χ3v) is 3.08. The molecule has 116 valence electrons. The topological polar surface area (TPSA) is 134 Å². The summed E-state index contributed by atoms with van der Waals surface area (Å²) < 4.78 is 11.2. The lowest BCUT2D eigenvalue weighted by Gasteiger charge is -2.17. The minimum Gasteiger partial charge on any atom is -0.483 e. The van der Waals surface area contributed by atoms with Crippen LogP contribution in [-0.2, 0) is 4.74 Å². The van der Waals surface area contributed by atoms with Gasteiger partial charge in [-0.2, -0.15) is 0 Å². The Bertz CT molecular complexity index is 623. The predicted molar refractivity (Wildman–Crippen MR) is 70.0 cm³/mol. The Morgan fingerprint density at radius 3 is 2.71 bits per heavy atom. The van der Waals surface area contributed by atoms with Crippen molar-refractivity contribution >= 4 is 0 Å². The van der Waals surface area contributed by atoms with E-state index in [-0.39, 0.29) is 12.4 Å². The minimum atomic E-state index is -1.43. The van der Waals surface area contributed by atoms with Crippen molar-refractivity contribution in [2.75, 3.05) is 13.2 Å². The SMILES string of the molecule is C=CCOc1cn([C@@H]2O[C@H](CO)[C@@H](O)[C@H]2O)c(=O)[nH]c1=O. The maximum absolute atomic E-state index is 11.8. The Morgan fingerprint density at radius 2 is 2.14 bits per heavy atom. The first-order chi connectivity index (χ1) is 9.99. The van der Waals surface area contributed by atoms with Gasteiger partial charge in [0.05, 0.1) is 12.8 Å². The van der Waals surface area contributed by atoms with Crippen LogP contribution in [0.5, 0.6) is 5.75 Å². The fraction of sp³-hybridized carbons (Fsp3) is 0.500. The molecule has 1 aliphatic heterocycles. The molecule has 0 spiro atoms. The monoisotopic (exact) mass is 300 g/mol. The van der Waals surface area contributed by atoms with Crippen molar-refractivity contribution in [2.45, 2.75) is 24.5 Å². The van der Waals surface area contributed by atoms with Crippen molar-refractivity contribution in [1.82, 2.24) is 9.55 Å². The molecule has 4 atom stereocenters. The third-order valence-electron chi connectivity index (χ3n) is 3.08. The minimum absolute atomic E-state index is 0.0528. The zero-order valence-corrected chi connectivity index (χ0v) is 11.0. The maximum Gasteiger partial charge on any atom is 0.330 e. The van der Waals surface area contributed by atoms with E-state index in [1.807, 2.05) is 4.98 Å². The summed E-state index contributed by atoms with van der Waals surface area (Å²) >= 11 is 0. The standard InChI is InChI=1S/C12H16N2O7/c1-2-3-20-6-4-14(12(19)13-10(6)18)11-9(17)8(16)7(5-15)21-11/h2,4,7-9,11,15-17H,1,3,5H2,(H,13,18,19)/t7-,8-,9-,11-/m1/s1. The summed E-state index contributed by atoms with van der Waals surface area (Å²) in [7, 11) is 0. The Morgan fingerprint density at radius 1 is 1.43 bits per heavy atom. The lowest BCUT2D eigenvalue weighted by Crippen LogP contribution is -2.38. The zero-order valence-electron chi connectivity index (χ0n) is 11.0. The van der Waals surface area contributed by atoms with Gasteiger partial charge in [-0.1, -0.05) is 12.7 Å². The number of rotatable bonds is 5. The van der Waals surface area contributed by atoms with Gasteiger partial charge in [0.25, 0.3) is 5.56 Å². The van der Waals surface area contributed by atoms with Gasteiger partial charge in [-0.3, -0.25) is 14.3 Å². The van der Waals surface area contributed by atoms with E-state index in [0.717, 1.165) is 10.8 Å². The molecular weight excluding hydrogens is 284 g/mol. The largest absolute Gasteiger partial charge is 0.483 e. The number of hydrogen-bond donors (Lipinski definition) is 4. The van der Waals surface area contributed by atoms with Crippen LogP contribution >= 0.6 is 0 Å². The van der Waals surface area contributed by atoms with Gasteiger partial charge in [-0.05, 0) is 0 Å². The average molecular weight is 300 g/mol. The molecular formula is C12H16N2O7. The van der Waals surface area contributed by atoms with Crippen LogP contribution in [0.3, 0.4) is 0 Å². The van der Waals surface area contributed by atoms with Crippen molar-refractivity contribution in [3.63, 3.8) is 0 Å². The van der Waals surface area contributed by atoms with Crippen molar-refractivity contribution < 1.29 is 24.8 Å². The smallest absolute Gasteiger partial charge is 0.330 e. The zero-order chi connectivity index (χ0) is 15.6. The maximum atomic E-state index is 11.8. The van der Waals surface area contributed by atoms with Crippen LogP contribution in [0.4, 0.5) is 0 Å². The molecule has 0 aliphatic carbocycles. The number of hydrogen-bond acceptors (Lipinski definition) is 7. The molecule has 2 rings (SSSR count). The molecule has 0 radical (unpaired) electrons. The summed E-state index contributed by atoms with van der Waals surface area (Å²) in [6, 6.07) is 0. The molecule has 1 fully saturated rings. The Balaban J connectivity index is 2.37. The lowest BCUT2D eigenvalue weighted by atomic mass is 10.1. The van der Waals surface area contributed by atoms with Gasteiger partial charge in [0, 0.05) is 0 Å². The number of ether oxygens (including phenoxy) is 2. The molecule has 0 amide bonds. The normalized spacial score (nSPS) is 28.5. The summed E-state index contributed by atoms with van der Waals surface area (Å²) in [6.45, 7) is 2.97. The number of nitrogens with zero attached hydrogens (tertiary/aromatic N) is 1. The Hall–Kier alpha value is -1.94. The first-order valence-corrected chi connectivity index (χ1v) is 6.21. The highest BCUT2D eigenvalue weighted by atomic mass is 16.6. The summed E-state index contributed by atoms with van der Waals surface area (Å²) in [5, 5.41) is 28.6. The molecule has 0 unspecified atom stereocenters. The van der Waals surface area contributed by atoms with Crippen LogP contribution in [0.1, 0.15) is 6.23 Å². The number of aromatic amines is 1. The van der Waals surface area contributed by atoms with Gasteiger partial charge in [-0.15, -0.1) is 0 Å². The summed E-state index contributed by atoms with van der Waals surface area (Å²) in [5.41, 5.74) is -1.56. The molecule has 9 nitrogen and oxygen atoms in total. The Kier molecular flexibility index (Phi) is 4.58. The number of aromatic nitrogens is 2. The van der Waals surface area contributed by atoms with Gasteiger partial charge < -0.3 is 24.8 Å². The van der Waals surface area contributed by atoms with Crippen molar-refractivity contribution in [3.05, 3.63) is 39.7 Å². The van der Waals surface area contributed by atoms with Crippen LogP contribution in [-0.4, -0.2) is 56.4 Å². The second-order valence-electron chi connectivity index (χ2n) is 4.49. The number of aliphatic hydroxyl groups excluding tert-OH is 3. The van der Waals surface area contributed by atoms with Crippen molar-refractivity contribution in [1.29, 1.82) is 0 Å². The van der Waals surface area contributed by atoms with Gasteiger partial charge >= 0.3 is 5.69 Å². The van der Waals surface area contributed by atoms with Crippen molar-refractivity contribution in [3.8, 4) is 5.75 Å². The van der Waals surface area contributed by atoms with E-state index in [0.29, 0.717) is 0 Å². The van der Waals surface area contributed by atoms with Crippen LogP contribution in [0.25, 0.3) is 0 Å². The first-order valence-electron chi connectivity index (χ1n) is 6.21. The van der Waals surface area contributed by atoms with E-state index in [4.69, 9.17) is 14.6 Å². The molecule has 21 heavy (non-hydrogen) atoms. The molecule has 2 heterocycles. The quantitative estimate of drug-likeness (QED) is 0.450. The van der Waals surface area contributed by atoms with Gasteiger partial charge in [0.2, 0.25) is 5.75 Å². The lowest BCUT2D eigenvalue weighted by molar-refractivity contribution is -0.0553. The molecule has 0 saturated carbocycles. The molecule has 9 heteroatoms. The summed E-state index contributed by atoms with van der Waals surface area (Å²) in [5.74, 6) is -0.160. The molecule has 0 aromatic carbocycles. The van der Waals surface area contributed by atoms with Gasteiger partial charge in [0.1, 0.15) is 24.9 Å². The van der Waals surface area contributed by atoms with E-state index >= 15 is 0 Å². The fourth-order valence-electron chi connectivity index (χ4n) is 2.02. The molecule has 0 bridgehead atoms. The molecule has 1 saturated heterocycles. The average Bonchev–Trinajstić information content (AvgIpc) is 2.74. The van der Waals surface area contributed by atoms with Crippen molar-refractivity contribution in [2.24, 2.45) is 0 Å². The number of nitrogens with one attached hydrogen (secondary N) is 1. The number of H-pyrrole nitrogens is 1. The van der Waals surface area contributed by atoms with Crippen LogP contribution in [0.15, 0.2) is 28.4 Å². The van der Waals surface area contributed by atoms with E-state index in [1.54, 1.807) is 0 Å². The van der Waals surface area contributed by atoms with E-state index < -0.39 is 42.4 Å². The van der Waals surface area contributed by atoms with E-state index in [1.165, 1.54) is 6.08 Å². The predicted octanol–water partition coefficient (Wildman–Crippen LogP) is -2.29. The van der Waals surface area contributed by atoms with E-state index in [9.17, 15) is 19.8 Å². The summed E-state index contributed by atoms with van der Waals surface area (Å²) in [6.07, 6.45) is -2.56. The highest BCUT2D eigenvalue weighted by Crippen LogP contribution is 2.28. The Labute approximate surface area is 118 Å². The van der Waals surface area contributed by atoms with Gasteiger partial charge in [0.15, 0.2) is 6.23 Å². The second kappa shape index (κ2) is 6.22. The molecule has 1 aromatic rings. The van der Waals surface area contributed by atoms with E-state index in [2.05, 4.69) is 6.58 Å². The second-order valence-corrected chi connectivity index (χ2v) is 4.49. The van der Waals surface area contributed by atoms with Crippen LogP contribution in [0, 0.1) is 0 Å². The molecule has 1 aromatic heterocycles. The van der Waals surface area contributed by atoms with Gasteiger partial charge in [-0.25, -0.2) is 4.79 Å². The van der Waals surface area contributed by atoms with Crippen LogP contribution < -0.4 is 16.0 Å². The molecule has 1 aliphatic rings.